The van der Waals surface area contributed by atoms with Gasteiger partial charge in [0.15, 0.2) is 5.82 Å². The predicted molar refractivity (Wildman–Crippen MR) is 111 cm³/mol. The molecule has 4 rings (SSSR count). The summed E-state index contributed by atoms with van der Waals surface area (Å²) in [5, 5.41) is 30.6. The van der Waals surface area contributed by atoms with Gasteiger partial charge >= 0.3 is 0 Å². The van der Waals surface area contributed by atoms with Crippen LogP contribution < -0.4 is 0 Å². The van der Waals surface area contributed by atoms with Crippen molar-refractivity contribution in [3.8, 4) is 34.0 Å². The van der Waals surface area contributed by atoms with Crippen LogP contribution >= 0.6 is 12.2 Å². The van der Waals surface area contributed by atoms with Crippen LogP contribution in [0.2, 0.25) is 0 Å². The van der Waals surface area contributed by atoms with Crippen LogP contribution in [-0.4, -0.2) is 31.3 Å². The molecular formula is C21H16N4O2S. The van der Waals surface area contributed by atoms with E-state index in [0.29, 0.717) is 16.2 Å². The average Bonchev–Trinajstić information content (AvgIpc) is 3.09. The van der Waals surface area contributed by atoms with E-state index in [9.17, 15) is 10.2 Å². The normalized spacial score (nSPS) is 11.1. The minimum Gasteiger partial charge on any atom is -0.508 e. The molecule has 1 heterocycles. The number of rotatable bonds is 4. The number of aromatic nitrogens is 3. The molecule has 4 aromatic rings. The number of H-pyrrole nitrogens is 1. The lowest BCUT2D eigenvalue weighted by molar-refractivity contribution is 0.450. The summed E-state index contributed by atoms with van der Waals surface area (Å²) < 4.78 is 1.82. The summed E-state index contributed by atoms with van der Waals surface area (Å²) in [6, 6.07) is 22.3. The number of benzene rings is 3. The molecule has 0 spiro atoms. The Morgan fingerprint density at radius 1 is 0.893 bits per heavy atom. The lowest BCUT2D eigenvalue weighted by atomic mass is 10.0. The molecule has 1 aromatic heterocycles. The molecule has 0 aliphatic rings. The van der Waals surface area contributed by atoms with E-state index in [1.807, 2.05) is 42.5 Å². The van der Waals surface area contributed by atoms with E-state index < -0.39 is 0 Å². The van der Waals surface area contributed by atoms with Crippen molar-refractivity contribution >= 4 is 18.4 Å². The van der Waals surface area contributed by atoms with E-state index >= 15 is 0 Å². The molecule has 28 heavy (non-hydrogen) atoms. The summed E-state index contributed by atoms with van der Waals surface area (Å²) in [5.74, 6) is 0.459. The van der Waals surface area contributed by atoms with E-state index in [0.717, 1.165) is 16.7 Å². The highest BCUT2D eigenvalue weighted by atomic mass is 32.1. The highest BCUT2D eigenvalue weighted by Gasteiger charge is 2.09. The van der Waals surface area contributed by atoms with Crippen LogP contribution in [0, 0.1) is 4.77 Å². The van der Waals surface area contributed by atoms with Crippen molar-refractivity contribution in [1.82, 2.24) is 14.9 Å². The van der Waals surface area contributed by atoms with Crippen molar-refractivity contribution in [2.45, 2.75) is 0 Å². The van der Waals surface area contributed by atoms with Gasteiger partial charge in [-0.25, -0.2) is 5.10 Å². The Hall–Kier alpha value is -3.71. The van der Waals surface area contributed by atoms with E-state index in [2.05, 4.69) is 27.4 Å². The highest BCUT2D eigenvalue weighted by Crippen LogP contribution is 2.24. The largest absolute Gasteiger partial charge is 0.508 e. The second-order valence-electron chi connectivity index (χ2n) is 6.10. The second-order valence-corrected chi connectivity index (χ2v) is 6.48. The van der Waals surface area contributed by atoms with Gasteiger partial charge < -0.3 is 10.2 Å². The molecule has 0 aliphatic heterocycles. The van der Waals surface area contributed by atoms with Gasteiger partial charge in [-0.2, -0.15) is 14.9 Å². The van der Waals surface area contributed by atoms with Gasteiger partial charge in [-0.3, -0.25) is 0 Å². The average molecular weight is 388 g/mol. The number of aromatic amines is 1. The number of nitrogens with one attached hydrogen (secondary N) is 1. The molecule has 7 heteroatoms. The van der Waals surface area contributed by atoms with Crippen LogP contribution in [0.3, 0.4) is 0 Å². The Kier molecular flexibility index (Phi) is 4.74. The lowest BCUT2D eigenvalue weighted by Gasteiger charge is -2.05. The predicted octanol–water partition coefficient (Wildman–Crippen LogP) is 4.57. The van der Waals surface area contributed by atoms with Crippen LogP contribution in [0.4, 0.5) is 0 Å². The summed E-state index contributed by atoms with van der Waals surface area (Å²) in [5.41, 5.74) is 3.53. The van der Waals surface area contributed by atoms with Crippen molar-refractivity contribution in [3.05, 3.63) is 83.1 Å². The van der Waals surface area contributed by atoms with E-state index in [4.69, 9.17) is 12.2 Å². The van der Waals surface area contributed by atoms with Gasteiger partial charge in [-0.15, -0.1) is 0 Å². The van der Waals surface area contributed by atoms with Crippen molar-refractivity contribution in [1.29, 1.82) is 0 Å². The zero-order chi connectivity index (χ0) is 19.5. The summed E-state index contributed by atoms with van der Waals surface area (Å²) in [7, 11) is 0. The monoisotopic (exact) mass is 388 g/mol. The lowest BCUT2D eigenvalue weighted by Crippen LogP contribution is -1.95. The van der Waals surface area contributed by atoms with E-state index in [1.165, 1.54) is 23.0 Å². The smallest absolute Gasteiger partial charge is 0.216 e. The maximum absolute atomic E-state index is 9.90. The van der Waals surface area contributed by atoms with Crippen molar-refractivity contribution in [2.75, 3.05) is 0 Å². The first-order valence-electron chi connectivity index (χ1n) is 8.51. The van der Waals surface area contributed by atoms with Crippen molar-refractivity contribution < 1.29 is 10.2 Å². The maximum atomic E-state index is 9.90. The zero-order valence-corrected chi connectivity index (χ0v) is 15.5. The van der Waals surface area contributed by atoms with Crippen LogP contribution in [0.5, 0.6) is 11.5 Å². The van der Waals surface area contributed by atoms with Crippen molar-refractivity contribution in [3.63, 3.8) is 0 Å². The first-order chi connectivity index (χ1) is 13.6. The molecule has 0 atom stereocenters. The number of phenolic OH excluding ortho intramolecular Hbond substituents is 2. The molecule has 0 amide bonds. The van der Waals surface area contributed by atoms with Gasteiger partial charge in [-0.05, 0) is 35.5 Å². The Balaban J connectivity index is 1.67. The number of hydrogen-bond donors (Lipinski definition) is 3. The minimum absolute atomic E-state index is 0.0197. The van der Waals surface area contributed by atoms with E-state index in [-0.39, 0.29) is 11.5 Å². The fraction of sp³-hybridized carbons (Fsp3) is 0. The zero-order valence-electron chi connectivity index (χ0n) is 14.6. The number of hydrogen-bond acceptors (Lipinski definition) is 5. The molecule has 3 N–H and O–H groups in total. The first kappa shape index (κ1) is 17.7. The van der Waals surface area contributed by atoms with Gasteiger partial charge in [0.1, 0.15) is 11.5 Å². The molecule has 6 nitrogen and oxygen atoms in total. The Morgan fingerprint density at radius 2 is 1.57 bits per heavy atom. The van der Waals surface area contributed by atoms with Crippen LogP contribution in [0.25, 0.3) is 22.5 Å². The molecule has 0 aliphatic carbocycles. The number of aromatic hydroxyl groups is 2. The molecular weight excluding hydrogens is 372 g/mol. The Morgan fingerprint density at radius 3 is 2.29 bits per heavy atom. The molecule has 0 unspecified atom stereocenters. The molecule has 0 bridgehead atoms. The Bertz CT molecular complexity index is 1200. The van der Waals surface area contributed by atoms with E-state index in [1.54, 1.807) is 6.07 Å². The van der Waals surface area contributed by atoms with Gasteiger partial charge in [0.2, 0.25) is 4.77 Å². The molecule has 0 fully saturated rings. The van der Waals surface area contributed by atoms with Crippen molar-refractivity contribution in [2.24, 2.45) is 5.10 Å². The molecule has 0 radical (unpaired) electrons. The van der Waals surface area contributed by atoms with Gasteiger partial charge in [0.25, 0.3) is 0 Å². The third kappa shape index (κ3) is 3.56. The third-order valence-corrected chi connectivity index (χ3v) is 4.49. The molecule has 0 saturated carbocycles. The SMILES string of the molecule is Oc1ccc(/C=N/n2c(-c3ccc(-c4ccccc4)cc3)n[nH]c2=S)c(O)c1. The maximum Gasteiger partial charge on any atom is 0.216 e. The topological polar surface area (TPSA) is 86.4 Å². The van der Waals surface area contributed by atoms with Gasteiger partial charge in [-0.1, -0.05) is 54.6 Å². The molecule has 138 valence electrons. The molecule has 3 aromatic carbocycles. The summed E-state index contributed by atoms with van der Waals surface area (Å²) in [6.07, 6.45) is 1.46. The Labute approximate surface area is 166 Å². The van der Waals surface area contributed by atoms with Crippen LogP contribution in [0.15, 0.2) is 77.9 Å². The van der Waals surface area contributed by atoms with Gasteiger partial charge in [0.05, 0.1) is 6.21 Å². The second kappa shape index (κ2) is 7.50. The minimum atomic E-state index is -0.0764. The van der Waals surface area contributed by atoms with Crippen LogP contribution in [-0.2, 0) is 0 Å². The standard InChI is InChI=1S/C21H16N4O2S/c26-18-11-10-17(19(27)12-18)13-22-25-20(23-24-21(25)28)16-8-6-15(7-9-16)14-4-2-1-3-5-14/h1-13,26-27H,(H,24,28)/b22-13+. The van der Waals surface area contributed by atoms with Crippen LogP contribution in [0.1, 0.15) is 5.56 Å². The summed E-state index contributed by atoms with van der Waals surface area (Å²) >= 11 is 5.27. The summed E-state index contributed by atoms with van der Waals surface area (Å²) in [6.45, 7) is 0. The quantitative estimate of drug-likeness (QED) is 0.353. The number of phenols is 2. The third-order valence-electron chi connectivity index (χ3n) is 4.23. The number of nitrogens with zero attached hydrogens (tertiary/aromatic N) is 3. The summed E-state index contributed by atoms with van der Waals surface area (Å²) in [4.78, 5) is 0. The fourth-order valence-electron chi connectivity index (χ4n) is 2.79. The highest BCUT2D eigenvalue weighted by molar-refractivity contribution is 7.71. The fourth-order valence-corrected chi connectivity index (χ4v) is 2.97. The van der Waals surface area contributed by atoms with Gasteiger partial charge in [0, 0.05) is 17.2 Å². The first-order valence-corrected chi connectivity index (χ1v) is 8.92. The molecule has 0 saturated heterocycles.